The summed E-state index contributed by atoms with van der Waals surface area (Å²) in [5, 5.41) is 3.71. The molecule has 3 unspecified atom stereocenters. The van der Waals surface area contributed by atoms with E-state index >= 15 is 0 Å². The van der Waals surface area contributed by atoms with Crippen LogP contribution in [0.3, 0.4) is 0 Å². The van der Waals surface area contributed by atoms with E-state index in [1.807, 2.05) is 12.3 Å². The molecule has 0 spiro atoms. The first-order valence-electron chi connectivity index (χ1n) is 18.9. The van der Waals surface area contributed by atoms with E-state index in [-0.39, 0.29) is 17.9 Å². The summed E-state index contributed by atoms with van der Waals surface area (Å²) in [7, 11) is 0. The van der Waals surface area contributed by atoms with Crippen molar-refractivity contribution in [1.29, 1.82) is 0 Å². The van der Waals surface area contributed by atoms with Crippen molar-refractivity contribution in [3.8, 4) is 11.1 Å². The molecule has 0 bridgehead atoms. The van der Waals surface area contributed by atoms with Crippen LogP contribution in [-0.4, -0.2) is 10.7 Å². The Kier molecular flexibility index (Phi) is 7.65. The van der Waals surface area contributed by atoms with E-state index in [4.69, 9.17) is 9.98 Å². The number of aryl methyl sites for hydroxylation is 1. The van der Waals surface area contributed by atoms with Gasteiger partial charge in [-0.25, -0.2) is 0 Å². The topological polar surface area (TPSA) is 25.2 Å². The standard InChI is InChI=1S/C51H40N2/c1-3-13-38(36-28-27-34-14-12-31-52-49(34)32(36)2)43-30-29-37(39-15-4-5-16-40(39)43)33-23-25-35(26-24-33)50-47-22-11-9-20-45(47)48-44-19-8-6-17-41(44)42-18-7-10-21-46(42)51(48)53-50/h3-5,7-12,14-16,18-31,38,48,51H,1,6,13,17H2,2H3. The van der Waals surface area contributed by atoms with Crippen LogP contribution in [0.15, 0.2) is 175 Å². The molecule has 254 valence electrons. The second kappa shape index (κ2) is 12.8. The van der Waals surface area contributed by atoms with Gasteiger partial charge in [0.15, 0.2) is 0 Å². The van der Waals surface area contributed by atoms with Crippen molar-refractivity contribution in [2.75, 3.05) is 0 Å². The molecule has 7 aromatic rings. The summed E-state index contributed by atoms with van der Waals surface area (Å²) in [4.78, 5) is 10.4. The Hall–Kier alpha value is -6.12. The smallest absolute Gasteiger partial charge is 0.0871 e. The number of fused-ring (bicyclic) bond motifs is 9. The van der Waals surface area contributed by atoms with E-state index in [0.717, 1.165) is 36.1 Å². The number of nitrogens with zero attached hydrogens (tertiary/aromatic N) is 2. The van der Waals surface area contributed by atoms with E-state index in [1.54, 1.807) is 0 Å². The average molecular weight is 681 g/mol. The second-order valence-electron chi connectivity index (χ2n) is 14.7. The Balaban J connectivity index is 1.06. The molecule has 1 aromatic heterocycles. The van der Waals surface area contributed by atoms with Gasteiger partial charge in [0.05, 0.1) is 17.3 Å². The van der Waals surface area contributed by atoms with Crippen molar-refractivity contribution in [2.24, 2.45) is 4.99 Å². The lowest BCUT2D eigenvalue weighted by Crippen LogP contribution is -2.27. The van der Waals surface area contributed by atoms with E-state index in [2.05, 4.69) is 159 Å². The van der Waals surface area contributed by atoms with Gasteiger partial charge in [-0.15, -0.1) is 6.58 Å². The number of rotatable bonds is 6. The van der Waals surface area contributed by atoms with Crippen molar-refractivity contribution in [3.63, 3.8) is 0 Å². The van der Waals surface area contributed by atoms with Crippen molar-refractivity contribution in [2.45, 2.75) is 44.1 Å². The minimum absolute atomic E-state index is 0.0549. The van der Waals surface area contributed by atoms with Crippen LogP contribution in [0.1, 0.15) is 81.6 Å². The van der Waals surface area contributed by atoms with Crippen molar-refractivity contribution in [1.82, 2.24) is 4.98 Å². The van der Waals surface area contributed by atoms with Gasteiger partial charge in [-0.1, -0.05) is 146 Å². The van der Waals surface area contributed by atoms with Gasteiger partial charge in [0, 0.05) is 34.5 Å². The van der Waals surface area contributed by atoms with Crippen LogP contribution in [0.25, 0.3) is 38.4 Å². The maximum absolute atomic E-state index is 5.64. The lowest BCUT2D eigenvalue weighted by atomic mass is 9.67. The first-order valence-corrected chi connectivity index (χ1v) is 18.9. The van der Waals surface area contributed by atoms with Gasteiger partial charge >= 0.3 is 0 Å². The first kappa shape index (κ1) is 31.6. The summed E-state index contributed by atoms with van der Waals surface area (Å²) in [6, 6.07) is 49.3. The number of aromatic nitrogens is 1. The predicted octanol–water partition coefficient (Wildman–Crippen LogP) is 12.9. The zero-order valence-electron chi connectivity index (χ0n) is 30.0. The third-order valence-corrected chi connectivity index (χ3v) is 11.9. The van der Waals surface area contributed by atoms with Crippen LogP contribution >= 0.6 is 0 Å². The molecule has 3 atom stereocenters. The second-order valence-corrected chi connectivity index (χ2v) is 14.7. The summed E-state index contributed by atoms with van der Waals surface area (Å²) >= 11 is 0. The minimum atomic E-state index is 0.0549. The van der Waals surface area contributed by atoms with Crippen LogP contribution in [0, 0.1) is 6.92 Å². The number of allylic oxidation sites excluding steroid dienone is 4. The lowest BCUT2D eigenvalue weighted by molar-refractivity contribution is 0.606. The summed E-state index contributed by atoms with van der Waals surface area (Å²) in [6.07, 6.45) is 11.7. The molecule has 0 radical (unpaired) electrons. The Bertz CT molecular complexity index is 2690. The minimum Gasteiger partial charge on any atom is -0.275 e. The molecule has 3 aliphatic rings. The summed E-state index contributed by atoms with van der Waals surface area (Å²) in [5.41, 5.74) is 17.9. The Morgan fingerprint density at radius 3 is 2.28 bits per heavy atom. The highest BCUT2D eigenvalue weighted by molar-refractivity contribution is 6.15. The van der Waals surface area contributed by atoms with Gasteiger partial charge in [0.2, 0.25) is 0 Å². The third-order valence-electron chi connectivity index (χ3n) is 11.9. The normalized spacial score (nSPS) is 17.8. The quantitative estimate of drug-likeness (QED) is 0.161. The number of pyridine rings is 1. The van der Waals surface area contributed by atoms with Gasteiger partial charge in [-0.2, -0.15) is 0 Å². The zero-order chi connectivity index (χ0) is 35.5. The predicted molar refractivity (Wildman–Crippen MR) is 222 cm³/mol. The van der Waals surface area contributed by atoms with Crippen LogP contribution in [0.5, 0.6) is 0 Å². The maximum Gasteiger partial charge on any atom is 0.0871 e. The molecule has 53 heavy (non-hydrogen) atoms. The number of aliphatic imine (C=N–C) groups is 1. The fraction of sp³-hybridized carbons (Fsp3) is 0.137. The van der Waals surface area contributed by atoms with Gasteiger partial charge in [0.1, 0.15) is 0 Å². The molecule has 2 heterocycles. The number of hydrogen-bond acceptors (Lipinski definition) is 2. The van der Waals surface area contributed by atoms with E-state index in [0.29, 0.717) is 0 Å². The van der Waals surface area contributed by atoms with Gasteiger partial charge in [-0.05, 0) is 98.7 Å². The molecule has 2 aliphatic carbocycles. The molecular weight excluding hydrogens is 641 g/mol. The van der Waals surface area contributed by atoms with Gasteiger partial charge in [0.25, 0.3) is 0 Å². The van der Waals surface area contributed by atoms with Crippen molar-refractivity contribution in [3.05, 3.63) is 215 Å². The third kappa shape index (κ3) is 5.08. The molecule has 0 amide bonds. The highest BCUT2D eigenvalue weighted by Crippen LogP contribution is 2.54. The van der Waals surface area contributed by atoms with Crippen LogP contribution < -0.4 is 0 Å². The van der Waals surface area contributed by atoms with Crippen LogP contribution in [0.4, 0.5) is 0 Å². The molecule has 2 nitrogen and oxygen atoms in total. The number of benzene rings is 6. The SMILES string of the molecule is C=CCC(c1ccc2cccnc2c1C)c1ccc(-c2ccc(C3=NC4c5ccccc5C5=C(C=CCC5)C4c4ccccc43)cc2)c2ccccc12. The van der Waals surface area contributed by atoms with Gasteiger partial charge < -0.3 is 0 Å². The highest BCUT2D eigenvalue weighted by Gasteiger charge is 2.40. The number of hydrogen-bond donors (Lipinski definition) is 0. The fourth-order valence-corrected chi connectivity index (χ4v) is 9.51. The fourth-order valence-electron chi connectivity index (χ4n) is 9.51. The molecule has 10 rings (SSSR count). The molecule has 6 aromatic carbocycles. The van der Waals surface area contributed by atoms with Crippen LogP contribution in [0.2, 0.25) is 0 Å². The van der Waals surface area contributed by atoms with E-state index in [1.165, 1.54) is 77.4 Å². The monoisotopic (exact) mass is 680 g/mol. The molecule has 2 heteroatoms. The molecule has 0 saturated carbocycles. The van der Waals surface area contributed by atoms with Crippen molar-refractivity contribution >= 4 is 33.0 Å². The summed E-state index contributed by atoms with van der Waals surface area (Å²) in [5.74, 6) is 0.412. The highest BCUT2D eigenvalue weighted by atomic mass is 14.8. The largest absolute Gasteiger partial charge is 0.275 e. The summed E-state index contributed by atoms with van der Waals surface area (Å²) < 4.78 is 0. The molecule has 0 saturated heterocycles. The van der Waals surface area contributed by atoms with Gasteiger partial charge in [-0.3, -0.25) is 9.98 Å². The molecular formula is C51H40N2. The van der Waals surface area contributed by atoms with Crippen LogP contribution in [-0.2, 0) is 0 Å². The molecule has 1 aliphatic heterocycles. The zero-order valence-corrected chi connectivity index (χ0v) is 30.0. The Labute approximate surface area is 311 Å². The van der Waals surface area contributed by atoms with E-state index in [9.17, 15) is 0 Å². The molecule has 0 fully saturated rings. The van der Waals surface area contributed by atoms with Crippen molar-refractivity contribution < 1.29 is 0 Å². The van der Waals surface area contributed by atoms with E-state index < -0.39 is 0 Å². The Morgan fingerprint density at radius 2 is 1.43 bits per heavy atom. The Morgan fingerprint density at radius 1 is 0.698 bits per heavy atom. The average Bonchev–Trinajstić information content (AvgIpc) is 3.23. The first-order chi connectivity index (χ1) is 26.2. The molecule has 0 N–H and O–H groups in total. The lowest BCUT2D eigenvalue weighted by Gasteiger charge is -2.40. The summed E-state index contributed by atoms with van der Waals surface area (Å²) in [6.45, 7) is 6.38. The maximum atomic E-state index is 5.64.